The first kappa shape index (κ1) is 14.0. The smallest absolute Gasteiger partial charge is 0.121 e. The minimum atomic E-state index is 0.586. The molecular weight excluding hydrogens is 258 g/mol. The molecule has 0 aliphatic heterocycles. The van der Waals surface area contributed by atoms with Crippen LogP contribution in [0, 0.1) is 13.8 Å². The van der Waals surface area contributed by atoms with Gasteiger partial charge in [-0.05, 0) is 67.5 Å². The van der Waals surface area contributed by atoms with Crippen LogP contribution in [0.4, 0.5) is 5.69 Å². The third-order valence-corrected chi connectivity index (χ3v) is 4.53. The van der Waals surface area contributed by atoms with Crippen molar-refractivity contribution < 1.29 is 4.74 Å². The fourth-order valence-electron chi connectivity index (χ4n) is 3.24. The van der Waals surface area contributed by atoms with Crippen LogP contribution >= 0.6 is 0 Å². The monoisotopic (exact) mass is 281 g/mol. The van der Waals surface area contributed by atoms with E-state index in [9.17, 15) is 0 Å². The molecule has 21 heavy (non-hydrogen) atoms. The molecule has 0 saturated heterocycles. The fourth-order valence-corrected chi connectivity index (χ4v) is 3.24. The van der Waals surface area contributed by atoms with Crippen molar-refractivity contribution in [3.05, 3.63) is 59.2 Å². The Balaban J connectivity index is 1.60. The van der Waals surface area contributed by atoms with Crippen molar-refractivity contribution in [2.24, 2.45) is 0 Å². The van der Waals surface area contributed by atoms with Crippen LogP contribution in [0.5, 0.6) is 5.75 Å². The molecule has 0 radical (unpaired) electrons. The van der Waals surface area contributed by atoms with E-state index in [1.807, 2.05) is 6.07 Å². The van der Waals surface area contributed by atoms with E-state index in [0.717, 1.165) is 5.75 Å². The number of anilines is 1. The molecule has 0 bridgehead atoms. The SMILES string of the molecule is COc1ccc(NC2CC(c3ccccc3C)C2)cc1C. The Kier molecular flexibility index (Phi) is 3.87. The van der Waals surface area contributed by atoms with Gasteiger partial charge < -0.3 is 10.1 Å². The molecule has 0 atom stereocenters. The maximum Gasteiger partial charge on any atom is 0.121 e. The Morgan fingerprint density at radius 1 is 1.00 bits per heavy atom. The van der Waals surface area contributed by atoms with Crippen LogP contribution < -0.4 is 10.1 Å². The van der Waals surface area contributed by atoms with Gasteiger partial charge in [-0.3, -0.25) is 0 Å². The van der Waals surface area contributed by atoms with E-state index in [-0.39, 0.29) is 0 Å². The summed E-state index contributed by atoms with van der Waals surface area (Å²) in [5.74, 6) is 1.66. The molecule has 3 rings (SSSR count). The van der Waals surface area contributed by atoms with Crippen molar-refractivity contribution >= 4 is 5.69 Å². The van der Waals surface area contributed by atoms with Gasteiger partial charge in [-0.1, -0.05) is 24.3 Å². The van der Waals surface area contributed by atoms with Gasteiger partial charge >= 0.3 is 0 Å². The van der Waals surface area contributed by atoms with E-state index in [1.54, 1.807) is 7.11 Å². The summed E-state index contributed by atoms with van der Waals surface area (Å²) in [6.45, 7) is 4.30. The summed E-state index contributed by atoms with van der Waals surface area (Å²) in [7, 11) is 1.72. The third kappa shape index (κ3) is 2.90. The summed E-state index contributed by atoms with van der Waals surface area (Å²) in [6, 6.07) is 15.6. The fraction of sp³-hybridized carbons (Fsp3) is 0.368. The largest absolute Gasteiger partial charge is 0.496 e. The lowest BCUT2D eigenvalue weighted by atomic mass is 9.74. The number of rotatable bonds is 4. The van der Waals surface area contributed by atoms with Crippen LogP contribution in [0.1, 0.15) is 35.4 Å². The summed E-state index contributed by atoms with van der Waals surface area (Å²) in [5, 5.41) is 3.63. The van der Waals surface area contributed by atoms with Gasteiger partial charge in [0.2, 0.25) is 0 Å². The zero-order valence-corrected chi connectivity index (χ0v) is 13.0. The molecule has 0 spiro atoms. The Morgan fingerprint density at radius 3 is 2.43 bits per heavy atom. The molecule has 1 fully saturated rings. The van der Waals surface area contributed by atoms with Crippen molar-refractivity contribution in [3.8, 4) is 5.75 Å². The minimum Gasteiger partial charge on any atom is -0.496 e. The lowest BCUT2D eigenvalue weighted by Crippen LogP contribution is -2.34. The van der Waals surface area contributed by atoms with Gasteiger partial charge in [0.1, 0.15) is 5.75 Å². The molecule has 1 N–H and O–H groups in total. The van der Waals surface area contributed by atoms with Gasteiger partial charge in [0.15, 0.2) is 0 Å². The van der Waals surface area contributed by atoms with E-state index < -0.39 is 0 Å². The van der Waals surface area contributed by atoms with Crippen molar-refractivity contribution in [2.45, 2.75) is 38.6 Å². The maximum atomic E-state index is 5.31. The summed E-state index contributed by atoms with van der Waals surface area (Å²) in [6.07, 6.45) is 2.44. The number of hydrogen-bond acceptors (Lipinski definition) is 2. The lowest BCUT2D eigenvalue weighted by molar-refractivity contribution is 0.373. The highest BCUT2D eigenvalue weighted by Gasteiger charge is 2.30. The normalized spacial score (nSPS) is 20.7. The number of benzene rings is 2. The lowest BCUT2D eigenvalue weighted by Gasteiger charge is -2.37. The second kappa shape index (κ2) is 5.80. The predicted molar refractivity (Wildman–Crippen MR) is 88.3 cm³/mol. The topological polar surface area (TPSA) is 21.3 Å². The molecule has 0 amide bonds. The Morgan fingerprint density at radius 2 is 1.76 bits per heavy atom. The van der Waals surface area contributed by atoms with Crippen LogP contribution in [0.25, 0.3) is 0 Å². The first-order valence-electron chi connectivity index (χ1n) is 7.64. The molecule has 1 aliphatic carbocycles. The van der Waals surface area contributed by atoms with E-state index in [1.165, 1.54) is 35.2 Å². The van der Waals surface area contributed by atoms with E-state index in [2.05, 4.69) is 55.6 Å². The maximum absolute atomic E-state index is 5.31. The molecule has 2 aromatic rings. The van der Waals surface area contributed by atoms with Crippen molar-refractivity contribution in [3.63, 3.8) is 0 Å². The van der Waals surface area contributed by atoms with Gasteiger partial charge in [-0.2, -0.15) is 0 Å². The molecular formula is C19H23NO. The zero-order valence-electron chi connectivity index (χ0n) is 13.0. The van der Waals surface area contributed by atoms with Crippen LogP contribution in [0.3, 0.4) is 0 Å². The molecule has 0 aromatic heterocycles. The van der Waals surface area contributed by atoms with Crippen LogP contribution in [-0.2, 0) is 0 Å². The van der Waals surface area contributed by atoms with E-state index >= 15 is 0 Å². The average molecular weight is 281 g/mol. The number of nitrogens with one attached hydrogen (secondary N) is 1. The highest BCUT2D eigenvalue weighted by atomic mass is 16.5. The molecule has 1 aliphatic rings. The number of ether oxygens (including phenoxy) is 1. The van der Waals surface area contributed by atoms with Gasteiger partial charge in [0.25, 0.3) is 0 Å². The molecule has 1 saturated carbocycles. The summed E-state index contributed by atoms with van der Waals surface area (Å²) >= 11 is 0. The highest BCUT2D eigenvalue weighted by molar-refractivity contribution is 5.52. The Labute approximate surface area is 127 Å². The Hall–Kier alpha value is -1.96. The van der Waals surface area contributed by atoms with Gasteiger partial charge in [0.05, 0.1) is 7.11 Å². The highest BCUT2D eigenvalue weighted by Crippen LogP contribution is 2.40. The van der Waals surface area contributed by atoms with Crippen molar-refractivity contribution in [2.75, 3.05) is 12.4 Å². The molecule has 110 valence electrons. The van der Waals surface area contributed by atoms with E-state index in [4.69, 9.17) is 4.74 Å². The van der Waals surface area contributed by atoms with Crippen molar-refractivity contribution in [1.82, 2.24) is 0 Å². The average Bonchev–Trinajstić information content (AvgIpc) is 2.44. The molecule has 0 unspecified atom stereocenters. The zero-order chi connectivity index (χ0) is 14.8. The first-order chi connectivity index (χ1) is 10.2. The third-order valence-electron chi connectivity index (χ3n) is 4.53. The minimum absolute atomic E-state index is 0.586. The number of hydrogen-bond donors (Lipinski definition) is 1. The number of aryl methyl sites for hydroxylation is 2. The standard InChI is InChI=1S/C19H23NO/c1-13-6-4-5-7-18(13)15-11-17(12-15)20-16-8-9-19(21-3)14(2)10-16/h4-10,15,17,20H,11-12H2,1-3H3. The van der Waals surface area contributed by atoms with E-state index in [0.29, 0.717) is 12.0 Å². The summed E-state index contributed by atoms with van der Waals surface area (Å²) < 4.78 is 5.31. The molecule has 2 aromatic carbocycles. The summed E-state index contributed by atoms with van der Waals surface area (Å²) in [4.78, 5) is 0. The molecule has 2 nitrogen and oxygen atoms in total. The quantitative estimate of drug-likeness (QED) is 0.879. The van der Waals surface area contributed by atoms with Gasteiger partial charge in [-0.15, -0.1) is 0 Å². The van der Waals surface area contributed by atoms with Gasteiger partial charge in [0, 0.05) is 11.7 Å². The van der Waals surface area contributed by atoms with Gasteiger partial charge in [-0.25, -0.2) is 0 Å². The summed E-state index contributed by atoms with van der Waals surface area (Å²) in [5.41, 5.74) is 5.31. The number of methoxy groups -OCH3 is 1. The Bertz CT molecular complexity index is 629. The van der Waals surface area contributed by atoms with Crippen molar-refractivity contribution in [1.29, 1.82) is 0 Å². The van der Waals surface area contributed by atoms with Crippen LogP contribution in [-0.4, -0.2) is 13.2 Å². The van der Waals surface area contributed by atoms with Crippen LogP contribution in [0.15, 0.2) is 42.5 Å². The predicted octanol–water partition coefficient (Wildman–Crippen LogP) is 4.67. The van der Waals surface area contributed by atoms with Crippen LogP contribution in [0.2, 0.25) is 0 Å². The second-order valence-electron chi connectivity index (χ2n) is 6.05. The molecule has 2 heteroatoms. The first-order valence-corrected chi connectivity index (χ1v) is 7.64. The second-order valence-corrected chi connectivity index (χ2v) is 6.05. The molecule has 0 heterocycles.